The zero-order valence-electron chi connectivity index (χ0n) is 6.79. The van der Waals surface area contributed by atoms with Crippen LogP contribution in [0.25, 0.3) is 0 Å². The van der Waals surface area contributed by atoms with E-state index in [1.54, 1.807) is 0 Å². The largest absolute Gasteiger partial charge is 0.480 e. The van der Waals surface area contributed by atoms with Crippen molar-refractivity contribution >= 4 is 5.97 Å². The third-order valence-electron chi connectivity index (χ3n) is 1.49. The van der Waals surface area contributed by atoms with Gasteiger partial charge in [0, 0.05) is 6.04 Å². The molecule has 0 rings (SSSR count). The summed E-state index contributed by atoms with van der Waals surface area (Å²) in [6, 6.07) is -0.593. The van der Waals surface area contributed by atoms with E-state index < -0.39 is 12.0 Å². The van der Waals surface area contributed by atoms with Gasteiger partial charge in [-0.25, -0.2) is 0 Å². The first kappa shape index (κ1) is 10.4. The van der Waals surface area contributed by atoms with Crippen LogP contribution in [0.15, 0.2) is 0 Å². The Kier molecular flexibility index (Phi) is 4.81. The van der Waals surface area contributed by atoms with E-state index in [4.69, 9.17) is 16.6 Å². The average molecular weight is 160 g/mol. The Labute approximate surface area is 66.6 Å². The van der Waals surface area contributed by atoms with Crippen molar-refractivity contribution in [3.05, 3.63) is 0 Å². The number of rotatable bonds is 5. The quantitative estimate of drug-likeness (QED) is 0.524. The lowest BCUT2D eigenvalue weighted by molar-refractivity contribution is -0.138. The first-order valence-corrected chi connectivity index (χ1v) is 3.78. The lowest BCUT2D eigenvalue weighted by atomic mass is 10.1. The Balaban J connectivity index is 3.31. The predicted molar refractivity (Wildman–Crippen MR) is 43.1 cm³/mol. The number of hydrogen-bond donors (Lipinski definition) is 3. The fourth-order valence-corrected chi connectivity index (χ4v) is 0.783. The fraction of sp³-hybridized carbons (Fsp3) is 0.857. The van der Waals surface area contributed by atoms with Gasteiger partial charge >= 0.3 is 5.97 Å². The van der Waals surface area contributed by atoms with E-state index in [-0.39, 0.29) is 6.04 Å². The Morgan fingerprint density at radius 1 is 1.45 bits per heavy atom. The number of hydrogen-bond acceptors (Lipinski definition) is 3. The molecule has 0 fully saturated rings. The number of carboxylic acid groups (broad SMARTS) is 1. The van der Waals surface area contributed by atoms with Gasteiger partial charge in [0.2, 0.25) is 0 Å². The monoisotopic (exact) mass is 160 g/mol. The summed E-state index contributed by atoms with van der Waals surface area (Å²) in [7, 11) is 0. The van der Waals surface area contributed by atoms with Crippen molar-refractivity contribution in [3.8, 4) is 0 Å². The van der Waals surface area contributed by atoms with Crippen LogP contribution in [0.1, 0.15) is 26.2 Å². The minimum atomic E-state index is -0.935. The molecule has 0 bridgehead atoms. The van der Waals surface area contributed by atoms with Gasteiger partial charge in [0.25, 0.3) is 0 Å². The highest BCUT2D eigenvalue weighted by molar-refractivity contribution is 5.72. The molecule has 0 heterocycles. The Morgan fingerprint density at radius 3 is 2.36 bits per heavy atom. The normalized spacial score (nSPS) is 15.9. The van der Waals surface area contributed by atoms with Crippen molar-refractivity contribution in [2.45, 2.75) is 38.3 Å². The van der Waals surface area contributed by atoms with Gasteiger partial charge in [0.1, 0.15) is 6.04 Å². The average Bonchev–Trinajstić information content (AvgIpc) is 1.86. The summed E-state index contributed by atoms with van der Waals surface area (Å²) in [5.41, 5.74) is 10.7. The highest BCUT2D eigenvalue weighted by Gasteiger charge is 2.10. The summed E-state index contributed by atoms with van der Waals surface area (Å²) >= 11 is 0. The molecular weight excluding hydrogens is 144 g/mol. The Hall–Kier alpha value is -0.610. The molecule has 4 heteroatoms. The molecule has 0 aliphatic carbocycles. The Bertz CT molecular complexity index is 126. The van der Waals surface area contributed by atoms with Crippen LogP contribution in [0.3, 0.4) is 0 Å². The lowest BCUT2D eigenvalue weighted by Crippen LogP contribution is -2.30. The molecule has 0 amide bonds. The molecule has 0 aliphatic rings. The van der Waals surface area contributed by atoms with Gasteiger partial charge in [-0.15, -0.1) is 0 Å². The second-order valence-electron chi connectivity index (χ2n) is 2.85. The number of carboxylic acids is 1. The maximum atomic E-state index is 10.2. The smallest absolute Gasteiger partial charge is 0.320 e. The van der Waals surface area contributed by atoms with Crippen LogP contribution in [0.4, 0.5) is 0 Å². The van der Waals surface area contributed by atoms with Gasteiger partial charge in [0.05, 0.1) is 0 Å². The number of nitrogens with two attached hydrogens (primary N) is 2. The molecule has 5 N–H and O–H groups in total. The van der Waals surface area contributed by atoms with Crippen molar-refractivity contribution < 1.29 is 9.90 Å². The van der Waals surface area contributed by atoms with Crippen molar-refractivity contribution in [2.24, 2.45) is 11.5 Å². The summed E-state index contributed by atoms with van der Waals surface area (Å²) < 4.78 is 0. The zero-order valence-corrected chi connectivity index (χ0v) is 6.79. The third-order valence-corrected chi connectivity index (χ3v) is 1.49. The molecule has 0 aromatic carbocycles. The van der Waals surface area contributed by atoms with Crippen molar-refractivity contribution in [3.63, 3.8) is 0 Å². The number of carbonyl (C=O) groups is 1. The first-order chi connectivity index (χ1) is 5.04. The van der Waals surface area contributed by atoms with Crippen LogP contribution in [-0.4, -0.2) is 23.2 Å². The van der Waals surface area contributed by atoms with Crippen LogP contribution in [0.2, 0.25) is 0 Å². The minimum absolute atomic E-state index is 0.135. The molecule has 11 heavy (non-hydrogen) atoms. The van der Waals surface area contributed by atoms with Gasteiger partial charge in [0.15, 0.2) is 0 Å². The van der Waals surface area contributed by atoms with E-state index in [0.717, 1.165) is 12.8 Å². The maximum Gasteiger partial charge on any atom is 0.320 e. The fourth-order valence-electron chi connectivity index (χ4n) is 0.783. The molecule has 0 spiro atoms. The van der Waals surface area contributed by atoms with E-state index in [1.807, 2.05) is 6.92 Å². The molecule has 4 nitrogen and oxygen atoms in total. The molecule has 0 aromatic heterocycles. The standard InChI is InChI=1S/C7H16N2O2/c1-5(8)3-2-4-6(9)7(10)11/h5-6H,2-4,8-9H2,1H3,(H,10,11)/t5?,6-/m0/s1. The SMILES string of the molecule is CC(N)CCC[C@H](N)C(=O)O. The van der Waals surface area contributed by atoms with Crippen molar-refractivity contribution in [1.29, 1.82) is 0 Å². The summed E-state index contributed by atoms with van der Waals surface area (Å²) in [4.78, 5) is 10.2. The van der Waals surface area contributed by atoms with Crippen LogP contribution >= 0.6 is 0 Å². The molecule has 0 saturated heterocycles. The molecule has 0 aromatic rings. The Morgan fingerprint density at radius 2 is 2.00 bits per heavy atom. The third kappa shape index (κ3) is 5.82. The van der Waals surface area contributed by atoms with Crippen LogP contribution in [0, 0.1) is 0 Å². The van der Waals surface area contributed by atoms with Gasteiger partial charge in [-0.05, 0) is 26.2 Å². The number of aliphatic carboxylic acids is 1. The van der Waals surface area contributed by atoms with Crippen LogP contribution in [0.5, 0.6) is 0 Å². The van der Waals surface area contributed by atoms with Crippen LogP contribution < -0.4 is 11.5 Å². The van der Waals surface area contributed by atoms with E-state index in [2.05, 4.69) is 0 Å². The van der Waals surface area contributed by atoms with E-state index in [0.29, 0.717) is 6.42 Å². The minimum Gasteiger partial charge on any atom is -0.480 e. The van der Waals surface area contributed by atoms with E-state index >= 15 is 0 Å². The molecule has 0 radical (unpaired) electrons. The zero-order chi connectivity index (χ0) is 8.85. The lowest BCUT2D eigenvalue weighted by Gasteiger charge is -2.07. The predicted octanol–water partition coefficient (Wildman–Crippen LogP) is -0.0842. The second kappa shape index (κ2) is 5.09. The highest BCUT2D eigenvalue weighted by atomic mass is 16.4. The van der Waals surface area contributed by atoms with Gasteiger partial charge in [-0.3, -0.25) is 4.79 Å². The summed E-state index contributed by atoms with van der Waals surface area (Å²) in [5, 5.41) is 8.39. The van der Waals surface area contributed by atoms with E-state index in [9.17, 15) is 4.79 Å². The summed E-state index contributed by atoms with van der Waals surface area (Å²) in [5.74, 6) is -0.935. The van der Waals surface area contributed by atoms with E-state index in [1.165, 1.54) is 0 Å². The molecule has 0 aliphatic heterocycles. The molecule has 2 atom stereocenters. The van der Waals surface area contributed by atoms with Gasteiger partial charge in [-0.2, -0.15) is 0 Å². The topological polar surface area (TPSA) is 89.3 Å². The van der Waals surface area contributed by atoms with Gasteiger partial charge in [-0.1, -0.05) is 0 Å². The summed E-state index contributed by atoms with van der Waals surface area (Å²) in [6.07, 6.45) is 2.13. The maximum absolute atomic E-state index is 10.2. The van der Waals surface area contributed by atoms with Crippen molar-refractivity contribution in [1.82, 2.24) is 0 Å². The highest BCUT2D eigenvalue weighted by Crippen LogP contribution is 2.00. The molecule has 0 saturated carbocycles. The van der Waals surface area contributed by atoms with Crippen LogP contribution in [-0.2, 0) is 4.79 Å². The second-order valence-corrected chi connectivity index (χ2v) is 2.85. The molecule has 66 valence electrons. The molecular formula is C7H16N2O2. The molecule has 1 unspecified atom stereocenters. The first-order valence-electron chi connectivity index (χ1n) is 3.78. The summed E-state index contributed by atoms with van der Waals surface area (Å²) in [6.45, 7) is 1.90. The van der Waals surface area contributed by atoms with Crippen molar-refractivity contribution in [2.75, 3.05) is 0 Å². The van der Waals surface area contributed by atoms with Gasteiger partial charge < -0.3 is 16.6 Å².